The summed E-state index contributed by atoms with van der Waals surface area (Å²) in [5.41, 5.74) is 21.1. The summed E-state index contributed by atoms with van der Waals surface area (Å²) in [6.45, 7) is 0. The summed E-state index contributed by atoms with van der Waals surface area (Å²) >= 11 is 0. The summed E-state index contributed by atoms with van der Waals surface area (Å²) in [5, 5.41) is 4.96. The van der Waals surface area contributed by atoms with Gasteiger partial charge in [0.25, 0.3) is 0 Å². The van der Waals surface area contributed by atoms with Crippen LogP contribution in [0, 0.1) is 0 Å². The van der Waals surface area contributed by atoms with Crippen molar-refractivity contribution in [1.29, 1.82) is 0 Å². The molecule has 0 bridgehead atoms. The van der Waals surface area contributed by atoms with E-state index in [0.717, 1.165) is 22.7 Å². The molecule has 0 fully saturated rings. The Kier molecular flexibility index (Phi) is 10.1. The smallest absolute Gasteiger partial charge is 0.0714 e. The van der Waals surface area contributed by atoms with Crippen LogP contribution >= 0.6 is 0 Å². The predicted molar refractivity (Wildman–Crippen MR) is 307 cm³/mol. The number of benzene rings is 12. The zero-order valence-electron chi connectivity index (χ0n) is 40.1. The van der Waals surface area contributed by atoms with Crippen molar-refractivity contribution in [3.63, 3.8) is 0 Å². The lowest BCUT2D eigenvalue weighted by Gasteiger charge is -2.35. The van der Waals surface area contributed by atoms with E-state index in [1.807, 2.05) is 0 Å². The van der Waals surface area contributed by atoms with Crippen LogP contribution in [0.1, 0.15) is 22.3 Å². The van der Waals surface area contributed by atoms with Gasteiger partial charge in [-0.2, -0.15) is 0 Å². The standard InChI is InChI=1S/C71H48N2/c1-5-19-49(20-6-1)50-33-38-56(39-34-50)72(58-42-43-64-63-29-15-17-31-67(63)71(68(64)48-58,53-21-7-2-8-22-53)54-23-9-3-10-24-54)57-40-35-51(36-41-57)59-44-45-60(62-28-14-13-27-61(59)62)52-37-46-70-66(47-52)65-30-16-18-32-69(65)73(70)55-25-11-4-12-26-55/h1-48H. The molecule has 0 saturated carbocycles. The van der Waals surface area contributed by atoms with Crippen molar-refractivity contribution in [2.75, 3.05) is 4.90 Å². The summed E-state index contributed by atoms with van der Waals surface area (Å²) in [4.78, 5) is 2.43. The fourth-order valence-electron chi connectivity index (χ4n) is 12.0. The zero-order chi connectivity index (χ0) is 48.3. The largest absolute Gasteiger partial charge is 0.310 e. The van der Waals surface area contributed by atoms with Gasteiger partial charge in [0.2, 0.25) is 0 Å². The highest BCUT2D eigenvalue weighted by atomic mass is 15.1. The highest BCUT2D eigenvalue weighted by molar-refractivity contribution is 6.12. The Hall–Kier alpha value is -9.50. The molecule has 0 radical (unpaired) electrons. The van der Waals surface area contributed by atoms with E-state index >= 15 is 0 Å². The lowest BCUT2D eigenvalue weighted by atomic mass is 9.67. The molecular formula is C71H48N2. The van der Waals surface area contributed by atoms with Crippen LogP contribution in [0.15, 0.2) is 291 Å². The molecule has 0 atom stereocenters. The molecule has 0 aliphatic heterocycles. The van der Waals surface area contributed by atoms with Gasteiger partial charge in [-0.05, 0) is 144 Å². The van der Waals surface area contributed by atoms with Gasteiger partial charge in [0.15, 0.2) is 0 Å². The van der Waals surface area contributed by atoms with Crippen molar-refractivity contribution in [2.24, 2.45) is 0 Å². The van der Waals surface area contributed by atoms with Crippen LogP contribution in [0.5, 0.6) is 0 Å². The van der Waals surface area contributed by atoms with E-state index in [1.54, 1.807) is 0 Å². The van der Waals surface area contributed by atoms with Gasteiger partial charge in [-0.25, -0.2) is 0 Å². The van der Waals surface area contributed by atoms with Gasteiger partial charge in [-0.3, -0.25) is 0 Å². The molecule has 14 rings (SSSR count). The summed E-state index contributed by atoms with van der Waals surface area (Å²) in [7, 11) is 0. The maximum absolute atomic E-state index is 2.46. The maximum Gasteiger partial charge on any atom is 0.0714 e. The summed E-state index contributed by atoms with van der Waals surface area (Å²) in [5.74, 6) is 0. The van der Waals surface area contributed by atoms with Crippen molar-refractivity contribution in [2.45, 2.75) is 5.41 Å². The molecule has 1 aromatic heterocycles. The van der Waals surface area contributed by atoms with E-state index in [-0.39, 0.29) is 0 Å². The molecule has 0 N–H and O–H groups in total. The number of rotatable bonds is 9. The van der Waals surface area contributed by atoms with Crippen molar-refractivity contribution < 1.29 is 0 Å². The zero-order valence-corrected chi connectivity index (χ0v) is 40.1. The van der Waals surface area contributed by atoms with E-state index in [9.17, 15) is 0 Å². The molecule has 0 unspecified atom stereocenters. The van der Waals surface area contributed by atoms with Crippen molar-refractivity contribution >= 4 is 49.6 Å². The molecule has 0 spiro atoms. The van der Waals surface area contributed by atoms with Crippen LogP contribution in [0.3, 0.4) is 0 Å². The van der Waals surface area contributed by atoms with Crippen molar-refractivity contribution in [1.82, 2.24) is 4.57 Å². The minimum absolute atomic E-state index is 0.517. The molecule has 2 heteroatoms. The van der Waals surface area contributed by atoms with Crippen LogP contribution in [0.4, 0.5) is 17.1 Å². The molecule has 1 heterocycles. The Morgan fingerprint density at radius 3 is 1.37 bits per heavy atom. The fraction of sp³-hybridized carbons (Fsp3) is 0.0141. The molecule has 342 valence electrons. The van der Waals surface area contributed by atoms with E-state index in [0.29, 0.717) is 0 Å². The monoisotopic (exact) mass is 928 g/mol. The van der Waals surface area contributed by atoms with Gasteiger partial charge < -0.3 is 9.47 Å². The van der Waals surface area contributed by atoms with E-state index in [4.69, 9.17) is 0 Å². The van der Waals surface area contributed by atoms with Crippen LogP contribution in [-0.4, -0.2) is 4.57 Å². The second-order valence-corrected chi connectivity index (χ2v) is 19.2. The second-order valence-electron chi connectivity index (χ2n) is 19.2. The minimum atomic E-state index is -0.517. The first-order chi connectivity index (χ1) is 36.2. The first-order valence-electron chi connectivity index (χ1n) is 25.2. The first-order valence-corrected chi connectivity index (χ1v) is 25.2. The lowest BCUT2D eigenvalue weighted by molar-refractivity contribution is 0.768. The quantitative estimate of drug-likeness (QED) is 0.140. The molecule has 12 aromatic carbocycles. The molecule has 0 saturated heterocycles. The number of para-hydroxylation sites is 2. The van der Waals surface area contributed by atoms with Gasteiger partial charge in [0.05, 0.1) is 16.4 Å². The van der Waals surface area contributed by atoms with Crippen LogP contribution in [0.25, 0.3) is 82.8 Å². The Bertz CT molecular complexity index is 4120. The average Bonchev–Trinajstić information content (AvgIpc) is 3.97. The predicted octanol–water partition coefficient (Wildman–Crippen LogP) is 18.8. The van der Waals surface area contributed by atoms with E-state index < -0.39 is 5.41 Å². The Morgan fingerprint density at radius 2 is 0.712 bits per heavy atom. The number of hydrogen-bond donors (Lipinski definition) is 0. The third-order valence-corrected chi connectivity index (χ3v) is 15.3. The van der Waals surface area contributed by atoms with E-state index in [2.05, 4.69) is 301 Å². The van der Waals surface area contributed by atoms with Gasteiger partial charge in [-0.1, -0.05) is 224 Å². The Labute approximate surface area is 426 Å². The molecule has 13 aromatic rings. The van der Waals surface area contributed by atoms with Crippen molar-refractivity contribution in [3.8, 4) is 50.2 Å². The maximum atomic E-state index is 2.46. The number of hydrogen-bond acceptors (Lipinski definition) is 1. The summed E-state index contributed by atoms with van der Waals surface area (Å²) < 4.78 is 2.38. The molecule has 2 nitrogen and oxygen atoms in total. The SMILES string of the molecule is c1ccc(-c2ccc(N(c3ccc(-c4ccc(-c5ccc6c(c5)c5ccccc5n6-c5ccccc5)c5ccccc45)cc3)c3ccc4c(c3)C(c3ccccc3)(c3ccccc3)c3ccccc3-4)cc2)cc1. The molecule has 73 heavy (non-hydrogen) atoms. The number of aromatic nitrogens is 1. The summed E-state index contributed by atoms with van der Waals surface area (Å²) in [6, 6.07) is 107. The third-order valence-electron chi connectivity index (χ3n) is 15.3. The number of anilines is 3. The van der Waals surface area contributed by atoms with Gasteiger partial charge in [0.1, 0.15) is 0 Å². The van der Waals surface area contributed by atoms with Gasteiger partial charge in [0, 0.05) is 33.5 Å². The van der Waals surface area contributed by atoms with E-state index in [1.165, 1.54) is 99.3 Å². The van der Waals surface area contributed by atoms with Crippen LogP contribution in [0.2, 0.25) is 0 Å². The normalized spacial score (nSPS) is 12.5. The highest BCUT2D eigenvalue weighted by Crippen LogP contribution is 2.57. The minimum Gasteiger partial charge on any atom is -0.310 e. The lowest BCUT2D eigenvalue weighted by Crippen LogP contribution is -2.28. The molecule has 0 amide bonds. The second kappa shape index (κ2) is 17.4. The Morgan fingerprint density at radius 1 is 0.260 bits per heavy atom. The number of fused-ring (bicyclic) bond motifs is 7. The van der Waals surface area contributed by atoms with Crippen LogP contribution in [-0.2, 0) is 5.41 Å². The highest BCUT2D eigenvalue weighted by Gasteiger charge is 2.46. The molecule has 1 aliphatic rings. The van der Waals surface area contributed by atoms with Gasteiger partial charge in [-0.15, -0.1) is 0 Å². The van der Waals surface area contributed by atoms with Crippen LogP contribution < -0.4 is 4.90 Å². The summed E-state index contributed by atoms with van der Waals surface area (Å²) in [6.07, 6.45) is 0. The third kappa shape index (κ3) is 6.87. The Balaban J connectivity index is 0.894. The molecular weight excluding hydrogens is 881 g/mol. The topological polar surface area (TPSA) is 8.17 Å². The molecule has 1 aliphatic carbocycles. The fourth-order valence-corrected chi connectivity index (χ4v) is 12.0. The average molecular weight is 929 g/mol. The first kappa shape index (κ1) is 42.4. The van der Waals surface area contributed by atoms with Gasteiger partial charge >= 0.3 is 0 Å². The number of nitrogens with zero attached hydrogens (tertiary/aromatic N) is 2. The van der Waals surface area contributed by atoms with Crippen molar-refractivity contribution in [3.05, 3.63) is 313 Å².